The number of benzene rings is 4. The van der Waals surface area contributed by atoms with Gasteiger partial charge in [-0.3, -0.25) is 0 Å². The first-order valence-electron chi connectivity index (χ1n) is 36.1. The molecule has 0 atom stereocenters. The Bertz CT molecular complexity index is 3430. The summed E-state index contributed by atoms with van der Waals surface area (Å²) in [7, 11) is 0. The number of ether oxygens (including phenoxy) is 4. The second-order valence-corrected chi connectivity index (χ2v) is 25.8. The Morgan fingerprint density at radius 2 is 0.458 bits per heavy atom. The summed E-state index contributed by atoms with van der Waals surface area (Å²) in [5.74, 6) is 3.40. The topological polar surface area (TPSA) is 86.4 Å². The SMILES string of the molecule is CCCCCCCCCCCOc1ccc(C2=C3C=CC(=N3)C(c3ccc(OCCC[N+](CC)(CC)CC)cc3)=C3C=CC(=N3)C(c3ccc(OCCC[N+](CC)(CC)CC)cc3)=C3C=CC(=N3)C(c3ccc(OCCC[N+](CC)(CC)CC)cc3)=C3C=CC2=N3)cc1.[Cl-].[Cl-].[Cl-]. The van der Waals surface area contributed by atoms with Gasteiger partial charge in [0.2, 0.25) is 0 Å². The van der Waals surface area contributed by atoms with Gasteiger partial charge in [-0.25, -0.2) is 20.0 Å². The van der Waals surface area contributed by atoms with Crippen LogP contribution < -0.4 is 56.2 Å². The lowest BCUT2D eigenvalue weighted by molar-refractivity contribution is -0.923. The number of allylic oxidation sites excluding steroid dienone is 12. The first-order chi connectivity index (χ1) is 45.5. The van der Waals surface area contributed by atoms with E-state index in [0.29, 0.717) is 26.4 Å². The van der Waals surface area contributed by atoms with Gasteiger partial charge in [0, 0.05) is 41.6 Å². The van der Waals surface area contributed by atoms with Crippen LogP contribution in [0.3, 0.4) is 0 Å². The molecule has 5 heterocycles. The lowest BCUT2D eigenvalue weighted by Gasteiger charge is -2.35. The van der Waals surface area contributed by atoms with E-state index in [-0.39, 0.29) is 37.2 Å². The van der Waals surface area contributed by atoms with Crippen LogP contribution in [0.5, 0.6) is 23.0 Å². The highest BCUT2D eigenvalue weighted by Crippen LogP contribution is 2.40. The van der Waals surface area contributed by atoms with E-state index in [1.807, 2.05) is 0 Å². The monoisotopic (exact) mass is 1360 g/mol. The highest BCUT2D eigenvalue weighted by atomic mass is 35.5. The molecule has 0 fully saturated rings. The van der Waals surface area contributed by atoms with Gasteiger partial charge in [-0.1, -0.05) is 107 Å². The van der Waals surface area contributed by atoms with E-state index in [2.05, 4.69) is 215 Å². The summed E-state index contributed by atoms with van der Waals surface area (Å²) >= 11 is 0. The largest absolute Gasteiger partial charge is 1.00 e. The van der Waals surface area contributed by atoms with Crippen LogP contribution in [0.1, 0.15) is 169 Å². The average molecular weight is 1360 g/mol. The summed E-state index contributed by atoms with van der Waals surface area (Å²) in [5, 5.41) is 0. The van der Waals surface area contributed by atoms with Crippen LogP contribution in [0.15, 0.2) is 188 Å². The summed E-state index contributed by atoms with van der Waals surface area (Å²) < 4.78 is 29.1. The maximum Gasteiger partial charge on any atom is 0.119 e. The van der Waals surface area contributed by atoms with E-state index in [9.17, 15) is 0 Å². The number of fused-ring (bicyclic) bond motifs is 4. The Kier molecular flexibility index (Phi) is 32.0. The van der Waals surface area contributed by atoms with Gasteiger partial charge in [0.15, 0.2) is 0 Å². The predicted octanol–water partition coefficient (Wildman–Crippen LogP) is 9.55. The summed E-state index contributed by atoms with van der Waals surface area (Å²) in [6, 6.07) is 34.0. The molecule has 0 aromatic heterocycles. The van der Waals surface area contributed by atoms with Gasteiger partial charge < -0.3 is 69.6 Å². The molecule has 5 aliphatic rings. The smallest absolute Gasteiger partial charge is 0.119 e. The third kappa shape index (κ3) is 20.1. The first kappa shape index (κ1) is 78.4. The molecule has 0 saturated carbocycles. The van der Waals surface area contributed by atoms with E-state index >= 15 is 0 Å². The molecular weight excluding hydrogens is 1250 g/mol. The number of hydrogen-bond donors (Lipinski definition) is 0. The molecule has 0 spiro atoms. The van der Waals surface area contributed by atoms with Crippen LogP contribution in [0, 0.1) is 0 Å². The quantitative estimate of drug-likeness (QED) is 0.0329. The zero-order valence-electron chi connectivity index (χ0n) is 59.6. The van der Waals surface area contributed by atoms with Crippen molar-refractivity contribution in [3.8, 4) is 23.0 Å². The predicted molar refractivity (Wildman–Crippen MR) is 393 cm³/mol. The van der Waals surface area contributed by atoms with E-state index < -0.39 is 0 Å². The van der Waals surface area contributed by atoms with Crippen molar-refractivity contribution in [2.45, 2.75) is 146 Å². The molecule has 96 heavy (non-hydrogen) atoms. The van der Waals surface area contributed by atoms with Crippen molar-refractivity contribution in [3.63, 3.8) is 0 Å². The van der Waals surface area contributed by atoms with Crippen molar-refractivity contribution in [3.05, 3.63) is 191 Å². The number of rotatable bonds is 39. The van der Waals surface area contributed by atoms with Gasteiger partial charge in [-0.2, -0.15) is 0 Å². The van der Waals surface area contributed by atoms with E-state index in [1.165, 1.54) is 51.4 Å². The number of unbranched alkanes of at least 4 members (excludes halogenated alkanes) is 8. The zero-order valence-corrected chi connectivity index (χ0v) is 61.8. The summed E-state index contributed by atoms with van der Waals surface area (Å²) in [4.78, 5) is 22.4. The van der Waals surface area contributed by atoms with Crippen LogP contribution in [0.25, 0.3) is 22.3 Å². The van der Waals surface area contributed by atoms with Gasteiger partial charge in [0.1, 0.15) is 23.0 Å². The Hall–Kier alpha value is -6.57. The normalized spacial score (nSPS) is 15.0. The molecule has 0 amide bonds. The lowest BCUT2D eigenvalue weighted by Crippen LogP contribution is -3.00. The molecule has 9 rings (SSSR count). The second-order valence-electron chi connectivity index (χ2n) is 25.8. The molecule has 0 aliphatic carbocycles. The molecule has 8 bridgehead atoms. The van der Waals surface area contributed by atoms with Gasteiger partial charge in [-0.15, -0.1) is 0 Å². The number of quaternary nitrogens is 3. The summed E-state index contributed by atoms with van der Waals surface area (Å²) in [5.41, 5.74) is 14.2. The standard InChI is InChI=1S/C82H110N7O4.3ClH/c1-11-21-22-23-24-25-26-27-28-59-90-67-40-32-63(33-41-67)79-71-48-50-73(83-71)80(64-34-42-68(43-35-64)91-60-29-56-87(12-2,13-3)14-4)75-52-54-77(85-75)82(66-38-46-70(47-39-66)93-62-31-58-89(18-8,19-9)20-10)78-55-53-76(86-78)81(74-51-49-72(79)84-74)65-36-44-69(45-37-65)92-61-30-57-88(15-5,16-6)17-7;;;/h32-55H,11-31,56-62H2,1-10H3;3*1H/q+3;;;/p-3. The molecule has 4 aromatic rings. The molecule has 0 unspecified atom stereocenters. The molecule has 11 nitrogen and oxygen atoms in total. The molecule has 518 valence electrons. The fourth-order valence-electron chi connectivity index (χ4n) is 13.9. The van der Waals surface area contributed by atoms with Crippen molar-refractivity contribution in [1.82, 2.24) is 0 Å². The van der Waals surface area contributed by atoms with E-state index in [4.69, 9.17) is 38.9 Å². The van der Waals surface area contributed by atoms with Crippen molar-refractivity contribution in [1.29, 1.82) is 0 Å². The van der Waals surface area contributed by atoms with Gasteiger partial charge in [-0.05, 0) is 188 Å². The lowest BCUT2D eigenvalue weighted by atomic mass is 9.98. The fourth-order valence-corrected chi connectivity index (χ4v) is 13.9. The van der Waals surface area contributed by atoms with Crippen molar-refractivity contribution in [2.24, 2.45) is 20.0 Å². The highest BCUT2D eigenvalue weighted by molar-refractivity contribution is 6.39. The average Bonchev–Trinajstić information content (AvgIpc) is 1.61. The maximum absolute atomic E-state index is 6.45. The molecule has 0 N–H and O–H groups in total. The number of nitrogens with zero attached hydrogens (tertiary/aromatic N) is 7. The minimum absolute atomic E-state index is 0. The van der Waals surface area contributed by atoms with Crippen LogP contribution in [0.2, 0.25) is 0 Å². The van der Waals surface area contributed by atoms with Crippen molar-refractivity contribution >= 4 is 45.1 Å². The van der Waals surface area contributed by atoms with E-state index in [0.717, 1.165) is 231 Å². The van der Waals surface area contributed by atoms with Crippen LogP contribution >= 0.6 is 0 Å². The fraction of sp³-hybridized carbons (Fsp3) is 0.463. The Labute approximate surface area is 596 Å². The number of aliphatic imine (C=N–C) groups is 4. The molecule has 0 radical (unpaired) electrons. The van der Waals surface area contributed by atoms with Gasteiger partial charge >= 0.3 is 0 Å². The molecule has 0 saturated heterocycles. The highest BCUT2D eigenvalue weighted by Gasteiger charge is 2.29. The third-order valence-corrected chi connectivity index (χ3v) is 20.9. The second kappa shape index (κ2) is 39.1. The Balaban J connectivity index is 0.00000486. The maximum atomic E-state index is 6.45. The number of halogens is 3. The molecular formula is C82H110Cl3N7O4. The third-order valence-electron chi connectivity index (χ3n) is 20.9. The summed E-state index contributed by atoms with van der Waals surface area (Å²) in [6.07, 6.45) is 31.6. The Morgan fingerprint density at radius 1 is 0.250 bits per heavy atom. The van der Waals surface area contributed by atoms with Crippen LogP contribution in [0.4, 0.5) is 0 Å². The van der Waals surface area contributed by atoms with Crippen LogP contribution in [-0.2, 0) is 0 Å². The van der Waals surface area contributed by atoms with Crippen LogP contribution in [-0.4, -0.2) is 141 Å². The van der Waals surface area contributed by atoms with Crippen molar-refractivity contribution in [2.75, 3.05) is 105 Å². The minimum atomic E-state index is 0. The number of hydrogen-bond acceptors (Lipinski definition) is 8. The van der Waals surface area contributed by atoms with Gasteiger partial charge in [0.25, 0.3) is 0 Å². The van der Waals surface area contributed by atoms with Crippen molar-refractivity contribution < 1.29 is 69.6 Å². The Morgan fingerprint density at radius 3 is 0.677 bits per heavy atom. The minimum Gasteiger partial charge on any atom is -1.00 e. The zero-order chi connectivity index (χ0) is 65.5. The van der Waals surface area contributed by atoms with E-state index in [1.54, 1.807) is 0 Å². The van der Waals surface area contributed by atoms with Gasteiger partial charge in [0.05, 0.1) is 151 Å². The molecule has 5 aliphatic heterocycles. The summed E-state index contributed by atoms with van der Waals surface area (Å²) in [6.45, 7) is 39.1. The molecule has 14 heteroatoms. The molecule has 4 aromatic carbocycles. The first-order valence-corrected chi connectivity index (χ1v) is 36.1.